The Labute approximate surface area is 232 Å². The predicted molar refractivity (Wildman–Crippen MR) is 149 cm³/mol. The summed E-state index contributed by atoms with van der Waals surface area (Å²) in [7, 11) is 1.27. The van der Waals surface area contributed by atoms with Crippen molar-refractivity contribution in [2.24, 2.45) is 5.92 Å². The maximum atomic E-state index is 13.3. The molecule has 12 heteroatoms. The zero-order chi connectivity index (χ0) is 28.5. The summed E-state index contributed by atoms with van der Waals surface area (Å²) in [4.78, 5) is 42.0. The van der Waals surface area contributed by atoms with Gasteiger partial charge in [0.05, 0.1) is 30.8 Å². The van der Waals surface area contributed by atoms with Gasteiger partial charge in [-0.3, -0.25) is 4.79 Å². The summed E-state index contributed by atoms with van der Waals surface area (Å²) >= 11 is 6.72. The molecule has 38 heavy (non-hydrogen) atoms. The summed E-state index contributed by atoms with van der Waals surface area (Å²) < 4.78 is 10.1. The number of carbonyl (C=O) groups is 3. The van der Waals surface area contributed by atoms with E-state index in [4.69, 9.17) is 21.7 Å². The minimum atomic E-state index is -1.09. The SMILES string of the molecule is COC(=O)c1csc([C@@H](Cc2ccccc2)NC(=O)[C@H](CO)NC(=S)[C@@H](NC(=O)OC(C)(C)C)C(C)C)n1. The van der Waals surface area contributed by atoms with Crippen molar-refractivity contribution in [3.63, 3.8) is 0 Å². The van der Waals surface area contributed by atoms with Crippen LogP contribution in [0.3, 0.4) is 0 Å². The molecule has 0 aliphatic heterocycles. The lowest BCUT2D eigenvalue weighted by Crippen LogP contribution is -2.56. The number of nitrogens with one attached hydrogen (secondary N) is 3. The second kappa shape index (κ2) is 14.2. The van der Waals surface area contributed by atoms with Crippen LogP contribution in [-0.4, -0.2) is 64.5 Å². The summed E-state index contributed by atoms with van der Waals surface area (Å²) in [6.07, 6.45) is -0.239. The summed E-state index contributed by atoms with van der Waals surface area (Å²) in [6, 6.07) is 7.18. The highest BCUT2D eigenvalue weighted by Crippen LogP contribution is 2.23. The molecule has 0 saturated carbocycles. The fourth-order valence-electron chi connectivity index (χ4n) is 3.39. The first-order chi connectivity index (χ1) is 17.8. The number of methoxy groups -OCH3 is 1. The molecule has 0 bridgehead atoms. The van der Waals surface area contributed by atoms with E-state index in [1.807, 2.05) is 44.2 Å². The van der Waals surface area contributed by atoms with E-state index in [1.165, 1.54) is 18.4 Å². The van der Waals surface area contributed by atoms with Crippen molar-refractivity contribution in [2.45, 2.75) is 64.8 Å². The molecule has 0 fully saturated rings. The van der Waals surface area contributed by atoms with Crippen LogP contribution < -0.4 is 16.0 Å². The number of benzene rings is 1. The van der Waals surface area contributed by atoms with E-state index >= 15 is 0 Å². The van der Waals surface area contributed by atoms with Gasteiger partial charge in [-0.15, -0.1) is 11.3 Å². The molecule has 4 N–H and O–H groups in total. The van der Waals surface area contributed by atoms with Crippen LogP contribution in [0.4, 0.5) is 4.79 Å². The molecule has 10 nitrogen and oxygen atoms in total. The molecule has 0 radical (unpaired) electrons. The first kappa shape index (κ1) is 31.1. The van der Waals surface area contributed by atoms with Gasteiger partial charge in [0.1, 0.15) is 16.7 Å². The van der Waals surface area contributed by atoms with E-state index < -0.39 is 48.3 Å². The molecule has 2 rings (SSSR count). The second-order valence-electron chi connectivity index (χ2n) is 9.93. The molecule has 2 aromatic rings. The minimum Gasteiger partial charge on any atom is -0.464 e. The van der Waals surface area contributed by atoms with E-state index in [-0.39, 0.29) is 16.6 Å². The van der Waals surface area contributed by atoms with Crippen molar-refractivity contribution in [3.8, 4) is 0 Å². The normalized spacial score (nSPS) is 13.7. The lowest BCUT2D eigenvalue weighted by Gasteiger charge is -2.29. The average Bonchev–Trinajstić information content (AvgIpc) is 3.34. The number of amides is 2. The molecule has 0 saturated heterocycles. The van der Waals surface area contributed by atoms with Gasteiger partial charge in [-0.2, -0.15) is 0 Å². The van der Waals surface area contributed by atoms with Gasteiger partial charge < -0.3 is 30.5 Å². The number of hydrogen-bond donors (Lipinski definition) is 4. The Kier molecular flexibility index (Phi) is 11.6. The Hall–Kier alpha value is -3.09. The van der Waals surface area contributed by atoms with Gasteiger partial charge in [0.2, 0.25) is 5.91 Å². The maximum Gasteiger partial charge on any atom is 0.408 e. The molecule has 0 spiro atoms. The quantitative estimate of drug-likeness (QED) is 0.239. The molecule has 1 heterocycles. The summed E-state index contributed by atoms with van der Waals surface area (Å²) in [5.74, 6) is -1.22. The van der Waals surface area contributed by atoms with E-state index in [9.17, 15) is 19.5 Å². The van der Waals surface area contributed by atoms with E-state index in [2.05, 4.69) is 20.9 Å². The third-order valence-electron chi connectivity index (χ3n) is 5.25. The van der Waals surface area contributed by atoms with Gasteiger partial charge in [-0.1, -0.05) is 56.4 Å². The van der Waals surface area contributed by atoms with Crippen molar-refractivity contribution < 1.29 is 29.0 Å². The first-order valence-corrected chi connectivity index (χ1v) is 13.4. The largest absolute Gasteiger partial charge is 0.464 e. The number of aliphatic hydroxyl groups excluding tert-OH is 1. The number of thiazole rings is 1. The molecule has 2 amide bonds. The number of nitrogens with zero attached hydrogens (tertiary/aromatic N) is 1. The third-order valence-corrected chi connectivity index (χ3v) is 6.58. The van der Waals surface area contributed by atoms with E-state index in [0.29, 0.717) is 11.4 Å². The standard InChI is InChI=1S/C26H36N4O6S2/c1-15(2)20(30-25(34)36-26(3,4)5)22(37)28-18(13-31)21(32)27-17(12-16-10-8-7-9-11-16)23-29-19(14-38-23)24(33)35-6/h7-11,14-15,17-18,20,31H,12-13H2,1-6H3,(H,27,32)(H,28,37)(H,30,34)/t17-,18+,20+/m1/s1. The topological polar surface area (TPSA) is 139 Å². The smallest absolute Gasteiger partial charge is 0.408 e. The highest BCUT2D eigenvalue weighted by molar-refractivity contribution is 7.80. The van der Waals surface area contributed by atoms with Gasteiger partial charge in [0.15, 0.2) is 5.69 Å². The van der Waals surface area contributed by atoms with Crippen molar-refractivity contribution in [1.29, 1.82) is 0 Å². The van der Waals surface area contributed by atoms with Crippen LogP contribution in [0.2, 0.25) is 0 Å². The molecule has 0 aliphatic rings. The van der Waals surface area contributed by atoms with Crippen molar-refractivity contribution in [1.82, 2.24) is 20.9 Å². The van der Waals surface area contributed by atoms with Crippen LogP contribution in [0.5, 0.6) is 0 Å². The maximum absolute atomic E-state index is 13.3. The highest BCUT2D eigenvalue weighted by atomic mass is 32.1. The summed E-state index contributed by atoms with van der Waals surface area (Å²) in [5.41, 5.74) is 0.398. The zero-order valence-corrected chi connectivity index (χ0v) is 24.1. The molecular formula is C26H36N4O6S2. The lowest BCUT2D eigenvalue weighted by atomic mass is 10.0. The number of thiocarbonyl (C=S) groups is 1. The monoisotopic (exact) mass is 564 g/mol. The Balaban J connectivity index is 2.19. The molecule has 1 aromatic carbocycles. The zero-order valence-electron chi connectivity index (χ0n) is 22.4. The van der Waals surface area contributed by atoms with Crippen LogP contribution in [0.25, 0.3) is 0 Å². The Morgan fingerprint density at radius 3 is 2.32 bits per heavy atom. The van der Waals surface area contributed by atoms with Crippen LogP contribution in [0.1, 0.15) is 61.7 Å². The van der Waals surface area contributed by atoms with Gasteiger partial charge in [-0.25, -0.2) is 14.6 Å². The average molecular weight is 565 g/mol. The number of aliphatic hydroxyl groups is 1. The summed E-state index contributed by atoms with van der Waals surface area (Å²) in [5, 5.41) is 20.6. The van der Waals surface area contributed by atoms with Crippen molar-refractivity contribution >= 4 is 46.5 Å². The van der Waals surface area contributed by atoms with Gasteiger partial charge in [-0.05, 0) is 38.7 Å². The highest BCUT2D eigenvalue weighted by Gasteiger charge is 2.29. The second-order valence-corrected chi connectivity index (χ2v) is 11.3. The number of esters is 1. The van der Waals surface area contributed by atoms with Crippen LogP contribution in [0.15, 0.2) is 35.7 Å². The lowest BCUT2D eigenvalue weighted by molar-refractivity contribution is -0.124. The molecule has 1 aromatic heterocycles. The van der Waals surface area contributed by atoms with Gasteiger partial charge in [0.25, 0.3) is 0 Å². The Bertz CT molecular complexity index is 1100. The van der Waals surface area contributed by atoms with Gasteiger partial charge >= 0.3 is 12.1 Å². The number of aromatic nitrogens is 1. The van der Waals surface area contributed by atoms with E-state index in [0.717, 1.165) is 5.56 Å². The molecular weight excluding hydrogens is 528 g/mol. The Morgan fingerprint density at radius 2 is 1.76 bits per heavy atom. The number of ether oxygens (including phenoxy) is 2. The number of rotatable bonds is 11. The molecule has 3 atom stereocenters. The predicted octanol–water partition coefficient (Wildman–Crippen LogP) is 3.16. The molecule has 0 unspecified atom stereocenters. The summed E-state index contributed by atoms with van der Waals surface area (Å²) in [6.45, 7) is 8.43. The van der Waals surface area contributed by atoms with Crippen LogP contribution >= 0.6 is 23.6 Å². The number of hydrogen-bond acceptors (Lipinski definition) is 9. The van der Waals surface area contributed by atoms with E-state index in [1.54, 1.807) is 26.2 Å². The number of carbonyl (C=O) groups excluding carboxylic acids is 3. The van der Waals surface area contributed by atoms with Crippen molar-refractivity contribution in [2.75, 3.05) is 13.7 Å². The third kappa shape index (κ3) is 9.66. The van der Waals surface area contributed by atoms with Crippen LogP contribution in [0, 0.1) is 5.92 Å². The molecule has 0 aliphatic carbocycles. The Morgan fingerprint density at radius 1 is 1.11 bits per heavy atom. The minimum absolute atomic E-state index is 0.122. The fourth-order valence-corrected chi connectivity index (χ4v) is 4.71. The first-order valence-electron chi connectivity index (χ1n) is 12.1. The van der Waals surface area contributed by atoms with Gasteiger partial charge in [0, 0.05) is 5.38 Å². The van der Waals surface area contributed by atoms with Crippen LogP contribution in [-0.2, 0) is 20.7 Å². The number of alkyl carbamates (subject to hydrolysis) is 1. The van der Waals surface area contributed by atoms with Crippen molar-refractivity contribution in [3.05, 3.63) is 52.0 Å². The fraction of sp³-hybridized carbons (Fsp3) is 0.500. The molecule has 208 valence electrons.